The van der Waals surface area contributed by atoms with E-state index in [4.69, 9.17) is 10.5 Å². The van der Waals surface area contributed by atoms with Crippen molar-refractivity contribution in [1.82, 2.24) is 9.97 Å². The second-order valence-corrected chi connectivity index (χ2v) is 6.92. The Hall–Kier alpha value is -2.65. The Morgan fingerprint density at radius 2 is 2.23 bits per heavy atom. The van der Waals surface area contributed by atoms with Crippen LogP contribution in [0, 0.1) is 5.92 Å². The molecule has 1 aliphatic rings. The van der Waals surface area contributed by atoms with Gasteiger partial charge in [-0.05, 0) is 31.4 Å². The Kier molecular flexibility index (Phi) is 5.38. The molecule has 9 heteroatoms. The average molecular weight is 374 g/mol. The molecule has 136 valence electrons. The molecule has 0 bridgehead atoms. The fraction of sp³-hybridized carbons (Fsp3) is 0.353. The standard InChI is InChI=1S/C17H18N4O4S/c1-25-8-13(22)21-17-20-11-4-2-3-10(15(24)16(11)26-17)14(23)9-5-6-12(18)19-7-9/h5-7,10H,2-4,8H2,1H3,(H2,18,19)(H,20,21,22). The predicted octanol–water partition coefficient (Wildman–Crippen LogP) is 1.72. The lowest BCUT2D eigenvalue weighted by molar-refractivity contribution is -0.119. The highest BCUT2D eigenvalue weighted by Gasteiger charge is 2.34. The summed E-state index contributed by atoms with van der Waals surface area (Å²) in [7, 11) is 1.42. The minimum atomic E-state index is -0.773. The SMILES string of the molecule is COCC(=O)Nc1nc2c(s1)C(=O)C(C(=O)c1ccc(N)nc1)CCC2. The molecular formula is C17H18N4O4S. The number of thiazole rings is 1. The van der Waals surface area contributed by atoms with Gasteiger partial charge in [0.1, 0.15) is 12.4 Å². The van der Waals surface area contributed by atoms with E-state index in [-0.39, 0.29) is 24.1 Å². The first-order valence-electron chi connectivity index (χ1n) is 8.08. The maximum absolute atomic E-state index is 12.9. The van der Waals surface area contributed by atoms with E-state index in [2.05, 4.69) is 15.3 Å². The van der Waals surface area contributed by atoms with E-state index >= 15 is 0 Å². The number of hydrogen-bond donors (Lipinski definition) is 2. The Bertz CT molecular complexity index is 847. The summed E-state index contributed by atoms with van der Waals surface area (Å²) in [6.07, 6.45) is 3.09. The van der Waals surface area contributed by atoms with Gasteiger partial charge in [-0.15, -0.1) is 0 Å². The number of nitrogens with two attached hydrogens (primary N) is 1. The van der Waals surface area contributed by atoms with E-state index < -0.39 is 5.92 Å². The number of carbonyl (C=O) groups is 3. The van der Waals surface area contributed by atoms with Crippen LogP contribution < -0.4 is 11.1 Å². The number of rotatable bonds is 5. The number of ketones is 2. The van der Waals surface area contributed by atoms with Crippen molar-refractivity contribution in [3.8, 4) is 0 Å². The van der Waals surface area contributed by atoms with Crippen LogP contribution in [-0.4, -0.2) is 41.2 Å². The lowest BCUT2D eigenvalue weighted by Gasteiger charge is -2.11. The van der Waals surface area contributed by atoms with Crippen LogP contribution in [0.5, 0.6) is 0 Å². The molecule has 1 unspecified atom stereocenters. The van der Waals surface area contributed by atoms with Crippen LogP contribution in [0.4, 0.5) is 10.9 Å². The number of methoxy groups -OCH3 is 1. The molecule has 2 aromatic rings. The molecule has 0 spiro atoms. The molecule has 0 aromatic carbocycles. The van der Waals surface area contributed by atoms with Gasteiger partial charge in [-0.2, -0.15) is 0 Å². The van der Waals surface area contributed by atoms with Gasteiger partial charge in [0.15, 0.2) is 16.7 Å². The second kappa shape index (κ2) is 7.71. The Labute approximate surface area is 153 Å². The first-order valence-corrected chi connectivity index (χ1v) is 8.89. The summed E-state index contributed by atoms with van der Waals surface area (Å²) >= 11 is 1.09. The summed E-state index contributed by atoms with van der Waals surface area (Å²) < 4.78 is 4.76. The molecule has 1 amide bonds. The lowest BCUT2D eigenvalue weighted by Crippen LogP contribution is -2.23. The molecule has 3 rings (SSSR count). The number of fused-ring (bicyclic) bond motifs is 1. The topological polar surface area (TPSA) is 124 Å². The fourth-order valence-corrected chi connectivity index (χ4v) is 3.84. The van der Waals surface area contributed by atoms with Gasteiger partial charge in [-0.3, -0.25) is 19.7 Å². The quantitative estimate of drug-likeness (QED) is 0.464. The van der Waals surface area contributed by atoms with Gasteiger partial charge in [0, 0.05) is 18.9 Å². The molecule has 8 nitrogen and oxygen atoms in total. The molecule has 0 fully saturated rings. The maximum Gasteiger partial charge on any atom is 0.252 e. The van der Waals surface area contributed by atoms with E-state index in [9.17, 15) is 14.4 Å². The van der Waals surface area contributed by atoms with Crippen molar-refractivity contribution in [3.05, 3.63) is 34.5 Å². The van der Waals surface area contributed by atoms with Gasteiger partial charge < -0.3 is 10.5 Å². The highest BCUT2D eigenvalue weighted by Crippen LogP contribution is 2.32. The van der Waals surface area contributed by atoms with Crippen molar-refractivity contribution in [1.29, 1.82) is 0 Å². The summed E-state index contributed by atoms with van der Waals surface area (Å²) in [6, 6.07) is 3.11. The number of ether oxygens (including phenoxy) is 1. The Balaban J connectivity index is 1.83. The Morgan fingerprint density at radius 1 is 1.42 bits per heavy atom. The number of aromatic nitrogens is 2. The fourth-order valence-electron chi connectivity index (χ4n) is 2.82. The number of carbonyl (C=O) groups excluding carboxylic acids is 3. The van der Waals surface area contributed by atoms with Crippen LogP contribution >= 0.6 is 11.3 Å². The van der Waals surface area contributed by atoms with Gasteiger partial charge in [0.2, 0.25) is 0 Å². The van der Waals surface area contributed by atoms with Crippen molar-refractivity contribution in [3.63, 3.8) is 0 Å². The van der Waals surface area contributed by atoms with Crippen molar-refractivity contribution in [2.24, 2.45) is 5.92 Å². The number of nitrogens with zero attached hydrogens (tertiary/aromatic N) is 2. The zero-order valence-corrected chi connectivity index (χ0v) is 15.0. The molecule has 0 aliphatic heterocycles. The summed E-state index contributed by atoms with van der Waals surface area (Å²) in [5.41, 5.74) is 6.53. The number of amides is 1. The number of nitrogen functional groups attached to an aromatic ring is 1. The van der Waals surface area contributed by atoms with E-state index in [1.165, 1.54) is 19.4 Å². The first-order chi connectivity index (χ1) is 12.5. The zero-order chi connectivity index (χ0) is 18.7. The van der Waals surface area contributed by atoms with Crippen molar-refractivity contribution in [2.75, 3.05) is 24.8 Å². The van der Waals surface area contributed by atoms with Gasteiger partial charge in [-0.1, -0.05) is 11.3 Å². The number of pyridine rings is 1. The summed E-state index contributed by atoms with van der Waals surface area (Å²) in [5, 5.41) is 2.95. The molecule has 1 aliphatic carbocycles. The number of Topliss-reactive ketones (excluding diaryl/α,β-unsaturated/α-hetero) is 2. The number of nitrogens with one attached hydrogen (secondary N) is 1. The van der Waals surface area contributed by atoms with E-state index in [0.29, 0.717) is 46.3 Å². The Morgan fingerprint density at radius 3 is 2.92 bits per heavy atom. The largest absolute Gasteiger partial charge is 0.384 e. The predicted molar refractivity (Wildman–Crippen MR) is 96.4 cm³/mol. The summed E-state index contributed by atoms with van der Waals surface area (Å²) in [4.78, 5) is 46.0. The van der Waals surface area contributed by atoms with Crippen LogP contribution in [0.3, 0.4) is 0 Å². The number of anilines is 2. The third kappa shape index (κ3) is 3.78. The first kappa shape index (κ1) is 18.2. The molecule has 0 radical (unpaired) electrons. The summed E-state index contributed by atoms with van der Waals surface area (Å²) in [5.74, 6) is -1.33. The van der Waals surface area contributed by atoms with Crippen LogP contribution in [0.15, 0.2) is 18.3 Å². The average Bonchev–Trinajstić information content (AvgIpc) is 2.94. The molecule has 3 N–H and O–H groups in total. The van der Waals surface area contributed by atoms with Gasteiger partial charge in [0.05, 0.1) is 16.5 Å². The lowest BCUT2D eigenvalue weighted by atomic mass is 9.91. The second-order valence-electron chi connectivity index (χ2n) is 5.92. The molecule has 2 heterocycles. The molecule has 1 atom stereocenters. The van der Waals surface area contributed by atoms with E-state index in [1.54, 1.807) is 6.07 Å². The van der Waals surface area contributed by atoms with Crippen LogP contribution in [-0.2, 0) is 16.0 Å². The minimum Gasteiger partial charge on any atom is -0.384 e. The van der Waals surface area contributed by atoms with Crippen molar-refractivity contribution < 1.29 is 19.1 Å². The van der Waals surface area contributed by atoms with Crippen molar-refractivity contribution in [2.45, 2.75) is 19.3 Å². The number of aryl methyl sites for hydroxylation is 1. The van der Waals surface area contributed by atoms with Crippen LogP contribution in [0.25, 0.3) is 0 Å². The van der Waals surface area contributed by atoms with Crippen LogP contribution in [0.1, 0.15) is 38.6 Å². The normalized spacial score (nSPS) is 16.7. The zero-order valence-electron chi connectivity index (χ0n) is 14.2. The highest BCUT2D eigenvalue weighted by atomic mass is 32.1. The van der Waals surface area contributed by atoms with Crippen LogP contribution in [0.2, 0.25) is 0 Å². The van der Waals surface area contributed by atoms with E-state index in [1.807, 2.05) is 0 Å². The van der Waals surface area contributed by atoms with E-state index in [0.717, 1.165) is 11.3 Å². The smallest absolute Gasteiger partial charge is 0.252 e. The molecule has 0 saturated carbocycles. The highest BCUT2D eigenvalue weighted by molar-refractivity contribution is 7.17. The molecule has 26 heavy (non-hydrogen) atoms. The van der Waals surface area contributed by atoms with Crippen molar-refractivity contribution >= 4 is 39.8 Å². The van der Waals surface area contributed by atoms with Gasteiger partial charge in [0.25, 0.3) is 5.91 Å². The monoisotopic (exact) mass is 374 g/mol. The third-order valence-corrected chi connectivity index (χ3v) is 5.08. The summed E-state index contributed by atoms with van der Waals surface area (Å²) in [6.45, 7) is -0.0938. The number of hydrogen-bond acceptors (Lipinski definition) is 8. The molecule has 0 saturated heterocycles. The molecular weight excluding hydrogens is 356 g/mol. The van der Waals surface area contributed by atoms with Gasteiger partial charge in [-0.25, -0.2) is 9.97 Å². The minimum absolute atomic E-state index is 0.0938. The van der Waals surface area contributed by atoms with Gasteiger partial charge >= 0.3 is 0 Å². The maximum atomic E-state index is 12.9. The molecule has 2 aromatic heterocycles. The third-order valence-electron chi connectivity index (χ3n) is 4.05.